The molecule has 3 N–H and O–H groups in total. The number of hydrogen-bond acceptors (Lipinski definition) is 10. The molecule has 4 rings (SSSR count). The van der Waals surface area contributed by atoms with E-state index in [0.29, 0.717) is 12.8 Å². The summed E-state index contributed by atoms with van der Waals surface area (Å²) in [7, 11) is 0.416. The molecular weight excluding hydrogens is 545 g/mol. The van der Waals surface area contributed by atoms with Gasteiger partial charge in [-0.05, 0) is 41.5 Å². The number of ether oxygens (including phenoxy) is 2. The van der Waals surface area contributed by atoms with E-state index >= 15 is 0 Å². The van der Waals surface area contributed by atoms with Crippen LogP contribution in [0.3, 0.4) is 0 Å². The molecule has 2 fully saturated rings. The van der Waals surface area contributed by atoms with Gasteiger partial charge >= 0.3 is 11.4 Å². The monoisotopic (exact) mass is 585 g/mol. The summed E-state index contributed by atoms with van der Waals surface area (Å²) < 4.78 is 28.0. The number of rotatable bonds is 8. The first kappa shape index (κ1) is 32.1. The Morgan fingerprint density at radius 3 is 1.77 bits per heavy atom. The van der Waals surface area contributed by atoms with Gasteiger partial charge in [0.1, 0.15) is 12.5 Å². The molecule has 7 atom stereocenters. The zero-order valence-electron chi connectivity index (χ0n) is 23.8. The van der Waals surface area contributed by atoms with Crippen molar-refractivity contribution in [3.8, 4) is 0 Å². The van der Waals surface area contributed by atoms with Crippen molar-refractivity contribution in [3.05, 3.63) is 66.2 Å². The van der Waals surface area contributed by atoms with E-state index in [-0.39, 0.29) is 30.4 Å². The summed E-state index contributed by atoms with van der Waals surface area (Å²) in [4.78, 5) is 49.8. The number of nitrogens with one attached hydrogen (secondary N) is 2. The Bertz CT molecular complexity index is 1320. The second-order valence-electron chi connectivity index (χ2n) is 10.3. The van der Waals surface area contributed by atoms with Crippen LogP contribution >= 0.6 is 8.53 Å². The molecule has 0 saturated carbocycles. The van der Waals surface area contributed by atoms with Crippen LogP contribution in [0.1, 0.15) is 66.8 Å². The summed E-state index contributed by atoms with van der Waals surface area (Å²) in [6, 6.07) is 3.12. The number of hydrogen-bond donors (Lipinski definition) is 3. The summed E-state index contributed by atoms with van der Waals surface area (Å²) in [5.74, 6) is 0. The highest BCUT2D eigenvalue weighted by Gasteiger charge is 2.39. The van der Waals surface area contributed by atoms with Crippen LogP contribution < -0.4 is 22.5 Å². The molecule has 0 aromatic carbocycles. The van der Waals surface area contributed by atoms with Gasteiger partial charge in [0.2, 0.25) is 0 Å². The first-order valence-electron chi connectivity index (χ1n) is 13.2. The standard InChI is InChI=1S/C16H28N3O5P.C9H12N2O4/c1-10(2)19(11(3)4)25(22-6)24-13-9-15(23-12(13)5)18-8-7-14(20)17-16(18)21;1-5-6(12)4-8(15-5)11-3-2-7(13)10-9(11)14/h7-8,10-13,15H,9H2,1-6H3,(H,17,20,21);2-3,5-6,8,12H,4H2,1H3,(H,10,13,14)/t12-,13-,15-,25?;5-,6-,8-/m11/s1. The number of aromatic amines is 2. The van der Waals surface area contributed by atoms with Crippen LogP contribution in [0, 0.1) is 0 Å². The van der Waals surface area contributed by atoms with E-state index in [1.165, 1.54) is 33.7 Å². The van der Waals surface area contributed by atoms with Crippen molar-refractivity contribution in [1.82, 2.24) is 23.8 Å². The molecule has 1 unspecified atom stereocenters. The molecule has 2 aliphatic heterocycles. The highest BCUT2D eigenvalue weighted by atomic mass is 31.2. The third kappa shape index (κ3) is 7.84. The van der Waals surface area contributed by atoms with Crippen LogP contribution in [-0.2, 0) is 18.5 Å². The van der Waals surface area contributed by atoms with Gasteiger partial charge in [-0.1, -0.05) is 0 Å². The van der Waals surface area contributed by atoms with E-state index in [1.807, 2.05) is 6.92 Å². The van der Waals surface area contributed by atoms with E-state index in [9.17, 15) is 24.3 Å². The maximum atomic E-state index is 12.0. The molecule has 14 nitrogen and oxygen atoms in total. The minimum Gasteiger partial charge on any atom is -0.390 e. The topological polar surface area (TPSA) is 170 Å². The van der Waals surface area contributed by atoms with Gasteiger partial charge in [0.15, 0.2) is 0 Å². The lowest BCUT2D eigenvalue weighted by Gasteiger charge is -2.36. The summed E-state index contributed by atoms with van der Waals surface area (Å²) >= 11 is 0. The quantitative estimate of drug-likeness (QED) is 0.385. The van der Waals surface area contributed by atoms with Crippen molar-refractivity contribution in [2.75, 3.05) is 7.11 Å². The van der Waals surface area contributed by atoms with Gasteiger partial charge in [-0.15, -0.1) is 0 Å². The van der Waals surface area contributed by atoms with Crippen LogP contribution in [0.4, 0.5) is 0 Å². The van der Waals surface area contributed by atoms with Gasteiger partial charge in [0.25, 0.3) is 19.6 Å². The van der Waals surface area contributed by atoms with E-state index in [4.69, 9.17) is 18.5 Å². The number of aliphatic hydroxyl groups excluding tert-OH is 1. The summed E-state index contributed by atoms with van der Waals surface area (Å²) in [6.07, 6.45) is 1.46. The van der Waals surface area contributed by atoms with Crippen molar-refractivity contribution in [3.63, 3.8) is 0 Å². The van der Waals surface area contributed by atoms with Gasteiger partial charge in [-0.25, -0.2) is 14.3 Å². The van der Waals surface area contributed by atoms with Gasteiger partial charge in [0, 0.05) is 56.6 Å². The molecule has 2 aromatic heterocycles. The summed E-state index contributed by atoms with van der Waals surface area (Å²) in [5, 5.41) is 9.46. The summed E-state index contributed by atoms with van der Waals surface area (Å²) in [5.41, 5.74) is -1.87. The maximum absolute atomic E-state index is 12.0. The van der Waals surface area contributed by atoms with Crippen LogP contribution in [0.2, 0.25) is 0 Å². The number of nitrogens with zero attached hydrogens (tertiary/aromatic N) is 3. The SMILES string of the molecule is COP(O[C@@H]1C[C@H](n2ccc(=O)[nH]c2=O)O[C@@H]1C)N(C(C)C)C(C)C.C[C@H]1O[C@@H](n2ccc(=O)[nH]c2=O)C[C@H]1O. The Hall–Kier alpha value is -2.45. The van der Waals surface area contributed by atoms with Crippen molar-refractivity contribution in [2.45, 2.75) is 103 Å². The average molecular weight is 586 g/mol. The van der Waals surface area contributed by atoms with Crippen molar-refractivity contribution in [1.29, 1.82) is 0 Å². The van der Waals surface area contributed by atoms with Crippen LogP contribution in [-0.4, -0.2) is 72.5 Å². The highest BCUT2D eigenvalue weighted by Crippen LogP contribution is 2.49. The fraction of sp³-hybridized carbons (Fsp3) is 0.680. The molecule has 4 heterocycles. The lowest BCUT2D eigenvalue weighted by molar-refractivity contribution is -0.0101. The van der Waals surface area contributed by atoms with Gasteiger partial charge in [0.05, 0.1) is 24.4 Å². The molecule has 0 aliphatic carbocycles. The van der Waals surface area contributed by atoms with E-state index in [0.717, 1.165) is 0 Å². The van der Waals surface area contributed by atoms with E-state index in [1.54, 1.807) is 14.0 Å². The predicted molar refractivity (Wildman–Crippen MR) is 148 cm³/mol. The molecule has 2 aliphatic rings. The lowest BCUT2D eigenvalue weighted by atomic mass is 10.2. The fourth-order valence-corrected chi connectivity index (χ4v) is 6.28. The smallest absolute Gasteiger partial charge is 0.330 e. The molecule has 2 saturated heterocycles. The third-order valence-electron chi connectivity index (χ3n) is 6.64. The normalized spacial score (nSPS) is 27.3. The zero-order valence-corrected chi connectivity index (χ0v) is 24.7. The predicted octanol–water partition coefficient (Wildman–Crippen LogP) is 1.43. The molecule has 0 radical (unpaired) electrons. The molecule has 15 heteroatoms. The Labute approximate surface area is 232 Å². The van der Waals surface area contributed by atoms with Crippen molar-refractivity contribution >= 4 is 8.53 Å². The first-order chi connectivity index (χ1) is 18.8. The Balaban J connectivity index is 0.000000249. The zero-order chi connectivity index (χ0) is 29.7. The average Bonchev–Trinajstić information content (AvgIpc) is 3.39. The number of aliphatic hydroxyl groups is 1. The van der Waals surface area contributed by atoms with Crippen LogP contribution in [0.25, 0.3) is 0 Å². The number of H-pyrrole nitrogens is 2. The molecule has 0 amide bonds. The third-order valence-corrected chi connectivity index (χ3v) is 8.70. The van der Waals surface area contributed by atoms with Crippen molar-refractivity contribution in [2.24, 2.45) is 0 Å². The fourth-order valence-electron chi connectivity index (χ4n) is 4.65. The molecule has 0 bridgehead atoms. The number of aromatic nitrogens is 4. The maximum Gasteiger partial charge on any atom is 0.330 e. The first-order valence-corrected chi connectivity index (χ1v) is 14.4. The van der Waals surface area contributed by atoms with Gasteiger partial charge < -0.3 is 23.6 Å². The molecule has 40 heavy (non-hydrogen) atoms. The van der Waals surface area contributed by atoms with Gasteiger partial charge in [-0.3, -0.25) is 28.7 Å². The minimum atomic E-state index is -1.23. The summed E-state index contributed by atoms with van der Waals surface area (Å²) in [6.45, 7) is 12.1. The Kier molecular flexibility index (Phi) is 11.2. The molecule has 0 spiro atoms. The second kappa shape index (κ2) is 13.9. The van der Waals surface area contributed by atoms with Crippen molar-refractivity contribution < 1.29 is 23.6 Å². The van der Waals surface area contributed by atoms with Gasteiger partial charge in [-0.2, -0.15) is 0 Å². The highest BCUT2D eigenvalue weighted by molar-refractivity contribution is 7.44. The van der Waals surface area contributed by atoms with Crippen LogP contribution in [0.15, 0.2) is 43.7 Å². The van der Waals surface area contributed by atoms with E-state index < -0.39 is 49.6 Å². The Morgan fingerprint density at radius 1 is 0.900 bits per heavy atom. The molecule has 224 valence electrons. The molecule has 2 aromatic rings. The lowest BCUT2D eigenvalue weighted by Crippen LogP contribution is -2.35. The minimum absolute atomic E-state index is 0.190. The molecular formula is C25H40N5O9P. The largest absolute Gasteiger partial charge is 0.390 e. The Morgan fingerprint density at radius 2 is 1.38 bits per heavy atom. The van der Waals surface area contributed by atoms with Crippen LogP contribution in [0.5, 0.6) is 0 Å². The van der Waals surface area contributed by atoms with E-state index in [2.05, 4.69) is 42.3 Å². The second-order valence-corrected chi connectivity index (χ2v) is 11.8.